The zero-order valence-electron chi connectivity index (χ0n) is 6.40. The van der Waals surface area contributed by atoms with Crippen molar-refractivity contribution in [1.29, 1.82) is 0 Å². The molecule has 0 heterocycles. The van der Waals surface area contributed by atoms with Crippen LogP contribution in [0.1, 0.15) is 6.92 Å². The molecule has 62 valence electrons. The van der Waals surface area contributed by atoms with Gasteiger partial charge < -0.3 is 5.73 Å². The first-order valence-corrected chi connectivity index (χ1v) is 3.49. The maximum atomic E-state index is 11.7. The molecule has 0 aromatic heterocycles. The molecule has 0 rings (SSSR count). The summed E-state index contributed by atoms with van der Waals surface area (Å²) in [5, 5.41) is 0.134. The van der Waals surface area contributed by atoms with E-state index in [1.165, 1.54) is 12.2 Å². The molecule has 0 fully saturated rings. The molecule has 0 saturated heterocycles. The van der Waals surface area contributed by atoms with Crippen molar-refractivity contribution < 1.29 is 4.39 Å². The van der Waals surface area contributed by atoms with E-state index in [0.717, 1.165) is 5.57 Å². The molecule has 0 aliphatic rings. The van der Waals surface area contributed by atoms with E-state index in [9.17, 15) is 4.39 Å². The summed E-state index contributed by atoms with van der Waals surface area (Å²) in [4.78, 5) is 0. The second kappa shape index (κ2) is 4.97. The van der Waals surface area contributed by atoms with Gasteiger partial charge in [0.05, 0.1) is 0 Å². The third kappa shape index (κ3) is 4.62. The second-order valence-corrected chi connectivity index (χ2v) is 2.63. The summed E-state index contributed by atoms with van der Waals surface area (Å²) < 4.78 is 11.7. The van der Waals surface area contributed by atoms with Gasteiger partial charge in [-0.3, -0.25) is 0 Å². The van der Waals surface area contributed by atoms with Gasteiger partial charge in [-0.2, -0.15) is 0 Å². The van der Waals surface area contributed by atoms with Crippen molar-refractivity contribution in [2.45, 2.75) is 6.92 Å². The molecule has 0 atom stereocenters. The Kier molecular flexibility index (Phi) is 4.62. The molecule has 0 aromatic rings. The molecule has 0 aromatic carbocycles. The van der Waals surface area contributed by atoms with E-state index in [1.54, 1.807) is 6.92 Å². The standard InChI is InChI=1S/C8H11ClFN/c1-6(2)8(11)4-3-7(9)5-10/h3-4H,1,5,11H2,2H3/b7-3+,8-4+. The molecule has 0 aliphatic carbocycles. The van der Waals surface area contributed by atoms with Crippen LogP contribution in [0.4, 0.5) is 4.39 Å². The van der Waals surface area contributed by atoms with Crippen LogP contribution in [0.15, 0.2) is 35.0 Å². The maximum absolute atomic E-state index is 11.7. The molecule has 0 unspecified atom stereocenters. The topological polar surface area (TPSA) is 26.0 Å². The number of rotatable bonds is 3. The lowest BCUT2D eigenvalue weighted by Gasteiger charge is -1.95. The van der Waals surface area contributed by atoms with Crippen LogP contribution in [0.5, 0.6) is 0 Å². The zero-order chi connectivity index (χ0) is 8.85. The molecule has 2 N–H and O–H groups in total. The van der Waals surface area contributed by atoms with Crippen LogP contribution in [-0.4, -0.2) is 6.67 Å². The minimum atomic E-state index is -0.665. The van der Waals surface area contributed by atoms with Gasteiger partial charge in [0, 0.05) is 10.7 Å². The molecule has 0 radical (unpaired) electrons. The second-order valence-electron chi connectivity index (χ2n) is 2.15. The SMILES string of the molecule is C=C(C)/C(N)=C\C=C(\Cl)CF. The van der Waals surface area contributed by atoms with Crippen molar-refractivity contribution in [3.63, 3.8) is 0 Å². The number of halogens is 2. The number of hydrogen-bond donors (Lipinski definition) is 1. The first-order valence-electron chi connectivity index (χ1n) is 3.11. The van der Waals surface area contributed by atoms with Crippen molar-refractivity contribution in [2.24, 2.45) is 5.73 Å². The third-order valence-corrected chi connectivity index (χ3v) is 1.29. The van der Waals surface area contributed by atoms with Crippen molar-refractivity contribution in [3.05, 3.63) is 35.0 Å². The number of nitrogens with two attached hydrogens (primary N) is 1. The van der Waals surface area contributed by atoms with Crippen molar-refractivity contribution in [1.82, 2.24) is 0 Å². The summed E-state index contributed by atoms with van der Waals surface area (Å²) in [5.74, 6) is 0. The molecule has 0 bridgehead atoms. The van der Waals surface area contributed by atoms with Crippen LogP contribution in [-0.2, 0) is 0 Å². The van der Waals surface area contributed by atoms with Crippen LogP contribution in [0.25, 0.3) is 0 Å². The lowest BCUT2D eigenvalue weighted by atomic mass is 10.2. The van der Waals surface area contributed by atoms with Gasteiger partial charge in [0.15, 0.2) is 0 Å². The van der Waals surface area contributed by atoms with E-state index in [1.807, 2.05) is 0 Å². The van der Waals surface area contributed by atoms with Gasteiger partial charge in [0.2, 0.25) is 0 Å². The lowest BCUT2D eigenvalue weighted by molar-refractivity contribution is 0.556. The van der Waals surface area contributed by atoms with Crippen molar-refractivity contribution in [2.75, 3.05) is 6.67 Å². The van der Waals surface area contributed by atoms with E-state index in [-0.39, 0.29) is 5.03 Å². The minimum Gasteiger partial charge on any atom is -0.399 e. The van der Waals surface area contributed by atoms with Crippen molar-refractivity contribution >= 4 is 11.6 Å². The Bertz CT molecular complexity index is 206. The Hall–Kier alpha value is -0.760. The first-order chi connectivity index (χ1) is 5.07. The highest BCUT2D eigenvalue weighted by molar-refractivity contribution is 6.29. The predicted molar refractivity (Wildman–Crippen MR) is 47.0 cm³/mol. The average molecular weight is 176 g/mol. The molecule has 0 aliphatic heterocycles. The van der Waals surface area contributed by atoms with E-state index < -0.39 is 6.67 Å². The molecule has 3 heteroatoms. The van der Waals surface area contributed by atoms with Crippen LogP contribution >= 0.6 is 11.6 Å². The van der Waals surface area contributed by atoms with Crippen molar-refractivity contribution in [3.8, 4) is 0 Å². The molecular weight excluding hydrogens is 165 g/mol. The van der Waals surface area contributed by atoms with Crippen LogP contribution in [0, 0.1) is 0 Å². The Morgan fingerprint density at radius 3 is 2.55 bits per heavy atom. The Balaban J connectivity index is 4.22. The summed E-state index contributed by atoms with van der Waals surface area (Å²) in [6.07, 6.45) is 2.95. The van der Waals surface area contributed by atoms with Gasteiger partial charge in [0.1, 0.15) is 6.67 Å². The normalized spacial score (nSPS) is 13.4. The molecule has 0 amide bonds. The zero-order valence-corrected chi connectivity index (χ0v) is 7.16. The maximum Gasteiger partial charge on any atom is 0.125 e. The van der Waals surface area contributed by atoms with E-state index in [0.29, 0.717) is 5.70 Å². The highest BCUT2D eigenvalue weighted by Crippen LogP contribution is 2.04. The summed E-state index contributed by atoms with van der Waals surface area (Å²) in [5.41, 5.74) is 6.71. The summed E-state index contributed by atoms with van der Waals surface area (Å²) in [6.45, 7) is 4.70. The van der Waals surface area contributed by atoms with Gasteiger partial charge in [0.25, 0.3) is 0 Å². The molecule has 1 nitrogen and oxygen atoms in total. The van der Waals surface area contributed by atoms with Crippen LogP contribution < -0.4 is 5.73 Å². The lowest BCUT2D eigenvalue weighted by Crippen LogP contribution is -1.96. The fourth-order valence-electron chi connectivity index (χ4n) is 0.367. The van der Waals surface area contributed by atoms with Crippen LogP contribution in [0.2, 0.25) is 0 Å². The van der Waals surface area contributed by atoms with Crippen LogP contribution in [0.3, 0.4) is 0 Å². The number of hydrogen-bond acceptors (Lipinski definition) is 1. The fraction of sp³-hybridized carbons (Fsp3) is 0.250. The molecule has 0 saturated carbocycles. The van der Waals surface area contributed by atoms with Gasteiger partial charge >= 0.3 is 0 Å². The Morgan fingerprint density at radius 1 is 1.64 bits per heavy atom. The largest absolute Gasteiger partial charge is 0.399 e. The Morgan fingerprint density at radius 2 is 2.18 bits per heavy atom. The number of alkyl halides is 1. The van der Waals surface area contributed by atoms with Gasteiger partial charge in [-0.25, -0.2) is 4.39 Å². The summed E-state index contributed by atoms with van der Waals surface area (Å²) in [7, 11) is 0. The summed E-state index contributed by atoms with van der Waals surface area (Å²) in [6, 6.07) is 0. The van der Waals surface area contributed by atoms with Gasteiger partial charge in [-0.1, -0.05) is 18.2 Å². The highest BCUT2D eigenvalue weighted by atomic mass is 35.5. The first kappa shape index (κ1) is 10.2. The minimum absolute atomic E-state index is 0.134. The number of allylic oxidation sites excluding steroid dienone is 4. The van der Waals surface area contributed by atoms with Gasteiger partial charge in [-0.05, 0) is 24.6 Å². The third-order valence-electron chi connectivity index (χ3n) is 1.06. The molecule has 0 spiro atoms. The van der Waals surface area contributed by atoms with E-state index >= 15 is 0 Å². The molecular formula is C8H11ClFN. The highest BCUT2D eigenvalue weighted by Gasteiger charge is 1.89. The average Bonchev–Trinajstić information content (AvgIpc) is 1.99. The smallest absolute Gasteiger partial charge is 0.125 e. The predicted octanol–water partition coefficient (Wildman–Crippen LogP) is 2.50. The molecule has 11 heavy (non-hydrogen) atoms. The quantitative estimate of drug-likeness (QED) is 0.656. The Labute approximate surface area is 71.0 Å². The van der Waals surface area contributed by atoms with E-state index in [4.69, 9.17) is 17.3 Å². The van der Waals surface area contributed by atoms with E-state index in [2.05, 4.69) is 6.58 Å². The fourth-order valence-corrected chi connectivity index (χ4v) is 0.430. The monoisotopic (exact) mass is 175 g/mol. The summed E-state index contributed by atoms with van der Waals surface area (Å²) >= 11 is 5.37. The van der Waals surface area contributed by atoms with Gasteiger partial charge in [-0.15, -0.1) is 0 Å².